The fraction of sp³-hybridized carbons (Fsp3) is 0.750. The van der Waals surface area contributed by atoms with Gasteiger partial charge >= 0.3 is 5.97 Å². The van der Waals surface area contributed by atoms with E-state index >= 15 is 0 Å². The van der Waals surface area contributed by atoms with Gasteiger partial charge in [-0.05, 0) is 49.9 Å². The molecule has 0 fully saturated rings. The summed E-state index contributed by atoms with van der Waals surface area (Å²) < 4.78 is 5.88. The highest BCUT2D eigenvalue weighted by Crippen LogP contribution is 2.40. The molecule has 0 unspecified atom stereocenters. The summed E-state index contributed by atoms with van der Waals surface area (Å²) in [6.07, 6.45) is 12.9. The van der Waals surface area contributed by atoms with Crippen LogP contribution >= 0.6 is 0 Å². The van der Waals surface area contributed by atoms with Crippen LogP contribution in [-0.2, 0) is 19.1 Å². The normalized spacial score (nSPS) is 14.4. The van der Waals surface area contributed by atoms with Crippen molar-refractivity contribution >= 4 is 17.5 Å². The number of hydrogen-bond donors (Lipinski definition) is 1. The molecule has 0 aromatic heterocycles. The standard InChI is InChI=1S/C36H60O5/c1-10-11-12-13-14-15-16-17-18-19-30(37)41-36-29(21-20-24(2)3)34(39)31(28(22-25(4)5)23-26(6)7)35(40)32(36)33(38)27(8)9/h24-27,39H,10-23H2,1-9H3. The third-order valence-electron chi connectivity index (χ3n) is 7.58. The maximum atomic E-state index is 14.1. The van der Waals surface area contributed by atoms with Gasteiger partial charge in [0, 0.05) is 17.9 Å². The topological polar surface area (TPSA) is 80.7 Å². The molecule has 0 bridgehead atoms. The molecule has 0 saturated heterocycles. The molecular formula is C36H60O5. The van der Waals surface area contributed by atoms with Gasteiger partial charge in [0.05, 0.1) is 5.57 Å². The average molecular weight is 573 g/mol. The van der Waals surface area contributed by atoms with Crippen molar-refractivity contribution in [1.29, 1.82) is 0 Å². The zero-order valence-electron chi connectivity index (χ0n) is 27.8. The number of hydrogen-bond acceptors (Lipinski definition) is 5. The predicted octanol–water partition coefficient (Wildman–Crippen LogP) is 10.1. The molecule has 0 spiro atoms. The van der Waals surface area contributed by atoms with Crippen LogP contribution in [0.2, 0.25) is 0 Å². The van der Waals surface area contributed by atoms with Gasteiger partial charge in [0.15, 0.2) is 11.5 Å². The maximum absolute atomic E-state index is 14.1. The van der Waals surface area contributed by atoms with Crippen molar-refractivity contribution in [1.82, 2.24) is 0 Å². The SMILES string of the molecule is CCCCCCCCCCCC(=O)OC1=C(C(=O)C(C)C)C(=O)C(=C(CC(C)C)CC(C)C)C(O)=C1CCC(C)C. The van der Waals surface area contributed by atoms with E-state index in [9.17, 15) is 19.5 Å². The van der Waals surface area contributed by atoms with Crippen LogP contribution in [0.1, 0.15) is 152 Å². The first-order chi connectivity index (χ1) is 19.3. The number of unbranched alkanes of at least 4 members (excludes halogenated alkanes) is 8. The lowest BCUT2D eigenvalue weighted by Gasteiger charge is -2.27. The van der Waals surface area contributed by atoms with Gasteiger partial charge in [-0.25, -0.2) is 0 Å². The minimum Gasteiger partial charge on any atom is -0.507 e. The Kier molecular flexibility index (Phi) is 17.2. The molecule has 0 saturated carbocycles. The molecule has 0 aromatic carbocycles. The summed E-state index contributed by atoms with van der Waals surface area (Å²) >= 11 is 0. The van der Waals surface area contributed by atoms with E-state index in [1.54, 1.807) is 13.8 Å². The van der Waals surface area contributed by atoms with Crippen LogP contribution < -0.4 is 0 Å². The number of carbonyl (C=O) groups is 3. The average Bonchev–Trinajstić information content (AvgIpc) is 2.86. The minimum absolute atomic E-state index is 0.00929. The molecule has 0 atom stereocenters. The van der Waals surface area contributed by atoms with Gasteiger partial charge < -0.3 is 9.84 Å². The summed E-state index contributed by atoms with van der Waals surface area (Å²) in [5.74, 6) is -0.988. The quantitative estimate of drug-likeness (QED) is 0.0679. The zero-order chi connectivity index (χ0) is 31.1. The fourth-order valence-corrected chi connectivity index (χ4v) is 5.38. The number of aliphatic hydroxyl groups is 1. The van der Waals surface area contributed by atoms with Crippen molar-refractivity contribution in [2.24, 2.45) is 23.7 Å². The van der Waals surface area contributed by atoms with Gasteiger partial charge in [0.2, 0.25) is 5.78 Å². The Morgan fingerprint density at radius 1 is 0.756 bits per heavy atom. The number of ketones is 2. The first-order valence-corrected chi connectivity index (χ1v) is 16.5. The van der Waals surface area contributed by atoms with E-state index in [4.69, 9.17) is 4.74 Å². The summed E-state index contributed by atoms with van der Waals surface area (Å²) in [6.45, 7) is 18.3. The highest BCUT2D eigenvalue weighted by atomic mass is 16.5. The van der Waals surface area contributed by atoms with Crippen LogP contribution in [0.25, 0.3) is 0 Å². The van der Waals surface area contributed by atoms with Crippen LogP contribution in [0.5, 0.6) is 0 Å². The molecule has 1 aliphatic carbocycles. The van der Waals surface area contributed by atoms with Gasteiger partial charge in [-0.15, -0.1) is 0 Å². The Hall–Kier alpha value is -2.17. The Morgan fingerprint density at radius 2 is 1.27 bits per heavy atom. The summed E-state index contributed by atoms with van der Waals surface area (Å²) in [6, 6.07) is 0. The minimum atomic E-state index is -0.503. The molecule has 41 heavy (non-hydrogen) atoms. The van der Waals surface area contributed by atoms with Crippen LogP contribution in [0.3, 0.4) is 0 Å². The lowest BCUT2D eigenvalue weighted by atomic mass is 9.79. The van der Waals surface area contributed by atoms with Crippen molar-refractivity contribution in [2.75, 3.05) is 0 Å². The Morgan fingerprint density at radius 3 is 1.73 bits per heavy atom. The fourth-order valence-electron chi connectivity index (χ4n) is 5.38. The van der Waals surface area contributed by atoms with Crippen molar-refractivity contribution in [3.63, 3.8) is 0 Å². The predicted molar refractivity (Wildman–Crippen MR) is 169 cm³/mol. The number of allylic oxidation sites excluding steroid dienone is 4. The molecule has 1 N–H and O–H groups in total. The van der Waals surface area contributed by atoms with Crippen molar-refractivity contribution in [2.45, 2.75) is 152 Å². The number of ether oxygens (including phenoxy) is 1. The molecular weight excluding hydrogens is 512 g/mol. The van der Waals surface area contributed by atoms with E-state index in [2.05, 4.69) is 48.5 Å². The number of rotatable bonds is 20. The van der Waals surface area contributed by atoms with E-state index in [0.29, 0.717) is 37.2 Å². The van der Waals surface area contributed by atoms with Crippen molar-refractivity contribution in [3.8, 4) is 0 Å². The summed E-state index contributed by atoms with van der Waals surface area (Å²) in [5, 5.41) is 11.6. The van der Waals surface area contributed by atoms with Gasteiger partial charge in [0.25, 0.3) is 0 Å². The first kappa shape index (κ1) is 36.9. The Balaban J connectivity index is 3.37. The maximum Gasteiger partial charge on any atom is 0.311 e. The van der Waals surface area contributed by atoms with E-state index in [0.717, 1.165) is 24.8 Å². The molecule has 5 heteroatoms. The van der Waals surface area contributed by atoms with Crippen LogP contribution in [-0.4, -0.2) is 22.6 Å². The molecule has 5 nitrogen and oxygen atoms in total. The zero-order valence-corrected chi connectivity index (χ0v) is 27.8. The van der Waals surface area contributed by atoms with E-state index < -0.39 is 17.7 Å². The highest BCUT2D eigenvalue weighted by Gasteiger charge is 2.39. The second kappa shape index (κ2) is 19.1. The molecule has 0 amide bonds. The largest absolute Gasteiger partial charge is 0.507 e. The number of esters is 1. The highest BCUT2D eigenvalue weighted by molar-refractivity contribution is 6.29. The molecule has 1 rings (SSSR count). The smallest absolute Gasteiger partial charge is 0.311 e. The number of Topliss-reactive ketones (excluding diaryl/α,β-unsaturated/α-hetero) is 2. The van der Waals surface area contributed by atoms with Gasteiger partial charge in [-0.1, -0.05) is 119 Å². The van der Waals surface area contributed by atoms with Crippen molar-refractivity contribution < 1.29 is 24.2 Å². The summed E-state index contributed by atoms with van der Waals surface area (Å²) in [5.41, 5.74) is 1.46. The molecule has 1 aliphatic rings. The number of carbonyl (C=O) groups excluding carboxylic acids is 3. The van der Waals surface area contributed by atoms with E-state index in [1.807, 2.05) is 0 Å². The molecule has 234 valence electrons. The third-order valence-corrected chi connectivity index (χ3v) is 7.58. The lowest BCUT2D eigenvalue weighted by molar-refractivity contribution is -0.139. The van der Waals surface area contributed by atoms with Gasteiger partial charge in [-0.2, -0.15) is 0 Å². The molecule has 0 aliphatic heterocycles. The second-order valence-corrected chi connectivity index (χ2v) is 13.5. The van der Waals surface area contributed by atoms with Crippen LogP contribution in [0.15, 0.2) is 33.8 Å². The van der Waals surface area contributed by atoms with E-state index in [1.165, 1.54) is 38.5 Å². The Bertz CT molecular complexity index is 946. The van der Waals surface area contributed by atoms with Gasteiger partial charge in [0.1, 0.15) is 11.3 Å². The van der Waals surface area contributed by atoms with Crippen LogP contribution in [0.4, 0.5) is 0 Å². The molecule has 0 heterocycles. The monoisotopic (exact) mass is 572 g/mol. The second-order valence-electron chi connectivity index (χ2n) is 13.5. The van der Waals surface area contributed by atoms with Crippen molar-refractivity contribution in [3.05, 3.63) is 33.8 Å². The summed E-state index contributed by atoms with van der Waals surface area (Å²) in [4.78, 5) is 40.7. The van der Waals surface area contributed by atoms with Gasteiger partial charge in [-0.3, -0.25) is 14.4 Å². The first-order valence-electron chi connectivity index (χ1n) is 16.5. The third kappa shape index (κ3) is 12.7. The lowest BCUT2D eigenvalue weighted by Crippen LogP contribution is -2.29. The molecule has 0 radical (unpaired) electrons. The van der Waals surface area contributed by atoms with Crippen LogP contribution in [0, 0.1) is 23.7 Å². The molecule has 0 aromatic rings. The van der Waals surface area contributed by atoms with E-state index in [-0.39, 0.29) is 46.7 Å². The Labute approximate surface area is 251 Å². The summed E-state index contributed by atoms with van der Waals surface area (Å²) in [7, 11) is 0. The number of aliphatic hydroxyl groups excluding tert-OH is 1.